The van der Waals surface area contributed by atoms with Gasteiger partial charge in [-0.3, -0.25) is 0 Å². The van der Waals surface area contributed by atoms with E-state index >= 15 is 0 Å². The van der Waals surface area contributed by atoms with Crippen molar-refractivity contribution < 1.29 is 23.8 Å². The van der Waals surface area contributed by atoms with Crippen molar-refractivity contribution in [2.45, 2.75) is 20.8 Å². The van der Waals surface area contributed by atoms with Crippen LogP contribution >= 0.6 is 0 Å². The third-order valence-electron chi connectivity index (χ3n) is 1.58. The number of rotatable bonds is 5. The Kier molecular flexibility index (Phi) is 6.17. The molecule has 15 heavy (non-hydrogen) atoms. The summed E-state index contributed by atoms with van der Waals surface area (Å²) in [6.45, 7) is 5.38. The van der Waals surface area contributed by atoms with Gasteiger partial charge in [-0.2, -0.15) is 0 Å². The number of hydrogen-bond donors (Lipinski definition) is 0. The number of methoxy groups -OCH3 is 1. The Morgan fingerprint density at radius 2 is 1.53 bits per heavy atom. The van der Waals surface area contributed by atoms with Crippen molar-refractivity contribution in [1.29, 1.82) is 0 Å². The first-order valence-corrected chi connectivity index (χ1v) is 4.67. The molecule has 0 amide bonds. The first-order chi connectivity index (χ1) is 7.08. The zero-order valence-corrected chi connectivity index (χ0v) is 9.46. The molecule has 0 saturated carbocycles. The van der Waals surface area contributed by atoms with Crippen LogP contribution < -0.4 is 0 Å². The molecule has 5 nitrogen and oxygen atoms in total. The van der Waals surface area contributed by atoms with Crippen LogP contribution in [0.25, 0.3) is 0 Å². The van der Waals surface area contributed by atoms with Gasteiger partial charge in [0.1, 0.15) is 0 Å². The topological polar surface area (TPSA) is 61.8 Å². The fraction of sp³-hybridized carbons (Fsp3) is 0.600. The summed E-state index contributed by atoms with van der Waals surface area (Å²) in [5, 5.41) is 0. The minimum atomic E-state index is -0.678. The second-order valence-corrected chi connectivity index (χ2v) is 2.60. The largest absolute Gasteiger partial charge is 0.486 e. The summed E-state index contributed by atoms with van der Waals surface area (Å²) < 4.78 is 14.3. The van der Waals surface area contributed by atoms with Gasteiger partial charge < -0.3 is 14.2 Å². The Balaban J connectivity index is 4.90. The zero-order valence-electron chi connectivity index (χ0n) is 9.46. The maximum Gasteiger partial charge on any atom is 0.373 e. The maximum absolute atomic E-state index is 11.3. The van der Waals surface area contributed by atoms with E-state index in [4.69, 9.17) is 9.47 Å². The van der Waals surface area contributed by atoms with Gasteiger partial charge >= 0.3 is 11.9 Å². The fourth-order valence-electron chi connectivity index (χ4n) is 0.889. The third kappa shape index (κ3) is 4.01. The number of hydrogen-bond acceptors (Lipinski definition) is 5. The van der Waals surface area contributed by atoms with Crippen molar-refractivity contribution in [3.8, 4) is 0 Å². The molecule has 0 aliphatic heterocycles. The van der Waals surface area contributed by atoms with E-state index in [2.05, 4.69) is 4.74 Å². The average Bonchev–Trinajstić information content (AvgIpc) is 2.24. The summed E-state index contributed by atoms with van der Waals surface area (Å²) >= 11 is 0. The number of carbonyl (C=O) groups is 2. The molecular formula is C10H16O5. The van der Waals surface area contributed by atoms with E-state index in [0.717, 1.165) is 0 Å². The smallest absolute Gasteiger partial charge is 0.373 e. The van der Waals surface area contributed by atoms with Crippen molar-refractivity contribution in [2.75, 3.05) is 20.3 Å². The molecule has 0 atom stereocenters. The lowest BCUT2D eigenvalue weighted by Crippen LogP contribution is -2.16. The molecule has 0 aliphatic rings. The molecule has 0 aromatic carbocycles. The second-order valence-electron chi connectivity index (χ2n) is 2.60. The highest BCUT2D eigenvalue weighted by atomic mass is 16.6. The van der Waals surface area contributed by atoms with E-state index in [1.54, 1.807) is 13.8 Å². The van der Waals surface area contributed by atoms with E-state index in [0.29, 0.717) is 0 Å². The Bertz CT molecular complexity index is 267. The van der Waals surface area contributed by atoms with E-state index in [1.807, 2.05) is 0 Å². The van der Waals surface area contributed by atoms with Gasteiger partial charge in [0.25, 0.3) is 0 Å². The van der Waals surface area contributed by atoms with E-state index < -0.39 is 11.9 Å². The molecular weight excluding hydrogens is 200 g/mol. The predicted octanol–water partition coefficient (Wildman–Crippen LogP) is 1.03. The van der Waals surface area contributed by atoms with Crippen LogP contribution in [0.3, 0.4) is 0 Å². The second kappa shape index (κ2) is 6.86. The Hall–Kier alpha value is -1.52. The molecule has 0 aliphatic carbocycles. The zero-order chi connectivity index (χ0) is 11.8. The van der Waals surface area contributed by atoms with Gasteiger partial charge in [-0.25, -0.2) is 9.59 Å². The molecule has 0 radical (unpaired) electrons. The molecule has 0 saturated heterocycles. The number of ether oxygens (including phenoxy) is 3. The summed E-state index contributed by atoms with van der Waals surface area (Å²) in [7, 11) is 1.22. The summed E-state index contributed by atoms with van der Waals surface area (Å²) in [6.07, 6.45) is 0. The number of carbonyl (C=O) groups excluding carboxylic acids is 2. The highest BCUT2D eigenvalue weighted by Gasteiger charge is 2.20. The third-order valence-corrected chi connectivity index (χ3v) is 1.58. The van der Waals surface area contributed by atoms with Crippen LogP contribution in [0.4, 0.5) is 0 Å². The average molecular weight is 216 g/mol. The molecule has 86 valence electrons. The molecule has 0 bridgehead atoms. The van der Waals surface area contributed by atoms with Crippen LogP contribution in [-0.4, -0.2) is 32.3 Å². The lowest BCUT2D eigenvalue weighted by molar-refractivity contribution is -0.143. The van der Waals surface area contributed by atoms with Crippen LogP contribution in [0.15, 0.2) is 11.3 Å². The van der Waals surface area contributed by atoms with Crippen LogP contribution in [0.2, 0.25) is 0 Å². The monoisotopic (exact) mass is 216 g/mol. The minimum Gasteiger partial charge on any atom is -0.486 e. The first kappa shape index (κ1) is 13.5. The van der Waals surface area contributed by atoms with Crippen LogP contribution in [0.5, 0.6) is 0 Å². The lowest BCUT2D eigenvalue weighted by atomic mass is 10.2. The SMILES string of the molecule is CCOC(=O)/C(C)=C(/OCC)C(=O)OC. The van der Waals surface area contributed by atoms with Crippen molar-refractivity contribution in [2.24, 2.45) is 0 Å². The van der Waals surface area contributed by atoms with E-state index in [9.17, 15) is 9.59 Å². The normalized spacial score (nSPS) is 11.5. The van der Waals surface area contributed by atoms with Crippen LogP contribution in [-0.2, 0) is 23.8 Å². The first-order valence-electron chi connectivity index (χ1n) is 4.67. The van der Waals surface area contributed by atoms with Crippen molar-refractivity contribution in [3.05, 3.63) is 11.3 Å². The van der Waals surface area contributed by atoms with Gasteiger partial charge in [-0.05, 0) is 20.8 Å². The Labute approximate surface area is 89.0 Å². The highest BCUT2D eigenvalue weighted by molar-refractivity contribution is 5.98. The molecule has 0 aromatic heterocycles. The quantitative estimate of drug-likeness (QED) is 0.390. The lowest BCUT2D eigenvalue weighted by Gasteiger charge is -2.09. The summed E-state index contributed by atoms with van der Waals surface area (Å²) in [5.74, 6) is -1.35. The van der Waals surface area contributed by atoms with Crippen LogP contribution in [0, 0.1) is 0 Å². The molecule has 5 heteroatoms. The maximum atomic E-state index is 11.3. The molecule has 0 fully saturated rings. The predicted molar refractivity (Wildman–Crippen MR) is 53.0 cm³/mol. The van der Waals surface area contributed by atoms with Crippen molar-refractivity contribution in [3.63, 3.8) is 0 Å². The molecule has 0 heterocycles. The highest BCUT2D eigenvalue weighted by Crippen LogP contribution is 2.09. The van der Waals surface area contributed by atoms with Crippen molar-refractivity contribution in [1.82, 2.24) is 0 Å². The van der Waals surface area contributed by atoms with Gasteiger partial charge in [0, 0.05) is 0 Å². The Morgan fingerprint density at radius 1 is 1.00 bits per heavy atom. The standard InChI is InChI=1S/C10H16O5/c1-5-14-8(10(12)13-4)7(3)9(11)15-6-2/h5-6H2,1-4H3/b8-7+. The van der Waals surface area contributed by atoms with Gasteiger partial charge in [-0.15, -0.1) is 0 Å². The van der Waals surface area contributed by atoms with Gasteiger partial charge in [0.05, 0.1) is 25.9 Å². The summed E-state index contributed by atoms with van der Waals surface area (Å²) in [5.41, 5.74) is 0.116. The molecule has 0 rings (SSSR count). The van der Waals surface area contributed by atoms with Gasteiger partial charge in [-0.1, -0.05) is 0 Å². The summed E-state index contributed by atoms with van der Waals surface area (Å²) in [4.78, 5) is 22.6. The minimum absolute atomic E-state index is 0.0987. The van der Waals surface area contributed by atoms with Crippen molar-refractivity contribution >= 4 is 11.9 Å². The number of esters is 2. The van der Waals surface area contributed by atoms with Crippen LogP contribution in [0.1, 0.15) is 20.8 Å². The van der Waals surface area contributed by atoms with E-state index in [-0.39, 0.29) is 24.5 Å². The molecule has 0 N–H and O–H groups in total. The Morgan fingerprint density at radius 3 is 1.93 bits per heavy atom. The summed E-state index contributed by atoms with van der Waals surface area (Å²) in [6, 6.07) is 0. The van der Waals surface area contributed by atoms with Gasteiger partial charge in [0.2, 0.25) is 5.76 Å². The van der Waals surface area contributed by atoms with E-state index in [1.165, 1.54) is 14.0 Å². The molecule has 0 aromatic rings. The molecule has 0 spiro atoms. The molecule has 0 unspecified atom stereocenters. The van der Waals surface area contributed by atoms with Gasteiger partial charge in [0.15, 0.2) is 0 Å². The fourth-order valence-corrected chi connectivity index (χ4v) is 0.889.